The first-order valence-electron chi connectivity index (χ1n) is 15.8. The lowest BCUT2D eigenvalue weighted by molar-refractivity contribution is -0.146. The molecule has 4 aromatic heterocycles. The Hall–Kier alpha value is -5.00. The number of aromatic amines is 2. The molecule has 0 unspecified atom stereocenters. The molecular weight excluding hydrogens is 664 g/mol. The van der Waals surface area contributed by atoms with E-state index in [2.05, 4.69) is 40.5 Å². The Kier molecular flexibility index (Phi) is 15.5. The number of fused-ring (bicyclic) bond motifs is 2. The van der Waals surface area contributed by atoms with Crippen molar-refractivity contribution in [2.24, 2.45) is 0 Å². The molecule has 4 aromatic rings. The average Bonchev–Trinajstić information content (AvgIpc) is 3.68. The van der Waals surface area contributed by atoms with Crippen LogP contribution in [0.2, 0.25) is 0 Å². The molecule has 0 spiro atoms. The minimum atomic E-state index is -0.433. The molecular formula is C28H42N12O10. The Morgan fingerprint density at radius 1 is 0.620 bits per heavy atom. The Balaban J connectivity index is 0.866. The van der Waals surface area contributed by atoms with Crippen LogP contribution >= 0.6 is 0 Å². The normalized spacial score (nSPS) is 11.4. The van der Waals surface area contributed by atoms with Crippen molar-refractivity contribution >= 4 is 46.2 Å². The van der Waals surface area contributed by atoms with Gasteiger partial charge in [-0.1, -0.05) is 0 Å². The third-order valence-corrected chi connectivity index (χ3v) is 6.66. The summed E-state index contributed by atoms with van der Waals surface area (Å²) in [6.45, 7) is 4.40. The standard InChI is InChI=1S/C28H42N12O10/c29-27-35-23-21(25(43)37-27)33-15-39(23)17-47-11-13-49-19(41)1-3-31-5-7-45-9-10-46-8-6-32-4-2-20(42)50-14-12-48-18-40-16-34-22-24(40)36-28(30)38-26(22)44/h15-16,31-32H,1-14,17-18H2,(H3,29,35,37,43)(H3,30,36,38,44). The van der Waals surface area contributed by atoms with Crippen molar-refractivity contribution in [3.05, 3.63) is 33.4 Å². The van der Waals surface area contributed by atoms with Crippen molar-refractivity contribution in [1.29, 1.82) is 0 Å². The Bertz CT molecular complexity index is 1640. The van der Waals surface area contributed by atoms with Gasteiger partial charge in [-0.3, -0.25) is 38.3 Å². The number of hydrogen-bond acceptors (Lipinski definition) is 18. The number of nitrogens with one attached hydrogen (secondary N) is 4. The van der Waals surface area contributed by atoms with E-state index in [1.807, 2.05) is 0 Å². The zero-order valence-corrected chi connectivity index (χ0v) is 27.4. The number of carbonyl (C=O) groups excluding carboxylic acids is 2. The van der Waals surface area contributed by atoms with Crippen LogP contribution in [-0.2, 0) is 51.5 Å². The summed E-state index contributed by atoms with van der Waals surface area (Å²) in [5.41, 5.74) is 11.2. The SMILES string of the molecule is Nc1nc2c(ncn2COCCOC(=O)CCNCCOCCOCCNCCC(=O)OCCOCn2cnc3c(=O)[nH]c(N)nc32)c(=O)[nH]1. The Morgan fingerprint density at radius 2 is 1.04 bits per heavy atom. The summed E-state index contributed by atoms with van der Waals surface area (Å²) in [4.78, 5) is 68.1. The zero-order valence-electron chi connectivity index (χ0n) is 27.4. The quantitative estimate of drug-likeness (QED) is 0.0305. The topological polar surface area (TPSA) is 293 Å². The largest absolute Gasteiger partial charge is 0.463 e. The molecule has 0 fully saturated rings. The molecule has 0 radical (unpaired) electrons. The lowest BCUT2D eigenvalue weighted by Gasteiger charge is -2.09. The number of carbonyl (C=O) groups is 2. The van der Waals surface area contributed by atoms with E-state index in [0.29, 0.717) is 63.9 Å². The lowest BCUT2D eigenvalue weighted by atomic mass is 10.4. The van der Waals surface area contributed by atoms with Crippen LogP contribution < -0.4 is 33.2 Å². The predicted molar refractivity (Wildman–Crippen MR) is 176 cm³/mol. The maximum absolute atomic E-state index is 11.9. The molecule has 4 rings (SSSR count). The fourth-order valence-corrected chi connectivity index (χ4v) is 4.27. The van der Waals surface area contributed by atoms with Crippen molar-refractivity contribution in [1.82, 2.24) is 49.7 Å². The highest BCUT2D eigenvalue weighted by Crippen LogP contribution is 2.07. The van der Waals surface area contributed by atoms with Gasteiger partial charge in [-0.25, -0.2) is 9.97 Å². The van der Waals surface area contributed by atoms with Crippen LogP contribution in [0.4, 0.5) is 11.9 Å². The number of imidazole rings is 2. The van der Waals surface area contributed by atoms with Gasteiger partial charge in [-0.15, -0.1) is 0 Å². The molecule has 4 heterocycles. The van der Waals surface area contributed by atoms with Crippen molar-refractivity contribution in [2.45, 2.75) is 26.3 Å². The van der Waals surface area contributed by atoms with Crippen LogP contribution in [0.3, 0.4) is 0 Å². The summed E-state index contributed by atoms with van der Waals surface area (Å²) in [6.07, 6.45) is 3.24. The van der Waals surface area contributed by atoms with E-state index in [-0.39, 0.29) is 87.6 Å². The molecule has 0 aromatic carbocycles. The van der Waals surface area contributed by atoms with Crippen molar-refractivity contribution in [3.8, 4) is 0 Å². The third-order valence-electron chi connectivity index (χ3n) is 6.66. The van der Waals surface area contributed by atoms with Gasteiger partial charge in [-0.2, -0.15) is 9.97 Å². The van der Waals surface area contributed by atoms with Crippen LogP contribution in [0.15, 0.2) is 22.2 Å². The summed E-state index contributed by atoms with van der Waals surface area (Å²) in [5.74, 6) is -0.755. The Morgan fingerprint density at radius 3 is 1.48 bits per heavy atom. The fourth-order valence-electron chi connectivity index (χ4n) is 4.27. The lowest BCUT2D eigenvalue weighted by Crippen LogP contribution is -2.25. The van der Waals surface area contributed by atoms with E-state index in [4.69, 9.17) is 39.9 Å². The molecule has 0 atom stereocenters. The molecule has 0 saturated carbocycles. The molecule has 0 aliphatic heterocycles. The molecule has 22 nitrogen and oxygen atoms in total. The summed E-state index contributed by atoms with van der Waals surface area (Å²) >= 11 is 0. The second-order valence-corrected chi connectivity index (χ2v) is 10.4. The second kappa shape index (κ2) is 20.5. The number of nitrogens with two attached hydrogens (primary N) is 2. The minimum absolute atomic E-state index is 0.0186. The molecule has 0 saturated heterocycles. The number of aromatic nitrogens is 8. The van der Waals surface area contributed by atoms with Crippen molar-refractivity contribution < 1.29 is 38.0 Å². The highest BCUT2D eigenvalue weighted by atomic mass is 16.6. The summed E-state index contributed by atoms with van der Waals surface area (Å²) < 4.78 is 35.2. The van der Waals surface area contributed by atoms with E-state index in [1.54, 1.807) is 0 Å². The van der Waals surface area contributed by atoms with Gasteiger partial charge in [-0.05, 0) is 0 Å². The molecule has 50 heavy (non-hydrogen) atoms. The first-order valence-corrected chi connectivity index (χ1v) is 15.8. The average molecular weight is 707 g/mol. The fraction of sp³-hybridized carbons (Fsp3) is 0.571. The highest BCUT2D eigenvalue weighted by Gasteiger charge is 2.11. The monoisotopic (exact) mass is 706 g/mol. The number of esters is 2. The van der Waals surface area contributed by atoms with Gasteiger partial charge in [0.05, 0.1) is 65.1 Å². The Labute approximate surface area is 284 Å². The molecule has 274 valence electrons. The van der Waals surface area contributed by atoms with Gasteiger partial charge in [0.25, 0.3) is 11.1 Å². The van der Waals surface area contributed by atoms with Gasteiger partial charge >= 0.3 is 11.9 Å². The predicted octanol–water partition coefficient (Wildman–Crippen LogP) is -2.56. The van der Waals surface area contributed by atoms with E-state index in [0.717, 1.165) is 0 Å². The number of H-pyrrole nitrogens is 2. The molecule has 0 aliphatic carbocycles. The highest BCUT2D eigenvalue weighted by molar-refractivity contribution is 5.71. The molecule has 8 N–H and O–H groups in total. The number of anilines is 2. The molecule has 0 bridgehead atoms. The van der Waals surface area contributed by atoms with E-state index in [1.165, 1.54) is 21.8 Å². The van der Waals surface area contributed by atoms with Gasteiger partial charge in [0.1, 0.15) is 26.7 Å². The van der Waals surface area contributed by atoms with Gasteiger partial charge in [0.15, 0.2) is 22.3 Å². The number of rotatable bonds is 25. The van der Waals surface area contributed by atoms with Gasteiger partial charge in [0, 0.05) is 26.2 Å². The van der Waals surface area contributed by atoms with E-state index in [9.17, 15) is 19.2 Å². The number of hydrogen-bond donors (Lipinski definition) is 6. The third kappa shape index (κ3) is 12.5. The number of nitrogen functional groups attached to an aromatic ring is 2. The molecule has 0 amide bonds. The number of nitrogens with zero attached hydrogens (tertiary/aromatic N) is 6. The van der Waals surface area contributed by atoms with E-state index < -0.39 is 11.1 Å². The molecule has 22 heteroatoms. The second-order valence-electron chi connectivity index (χ2n) is 10.4. The van der Waals surface area contributed by atoms with Crippen molar-refractivity contribution in [3.63, 3.8) is 0 Å². The summed E-state index contributed by atoms with van der Waals surface area (Å²) in [6, 6.07) is 0. The molecule has 0 aliphatic rings. The first kappa shape index (κ1) is 37.8. The van der Waals surface area contributed by atoms with Crippen LogP contribution in [0, 0.1) is 0 Å². The zero-order chi connectivity index (χ0) is 35.6. The van der Waals surface area contributed by atoms with E-state index >= 15 is 0 Å². The van der Waals surface area contributed by atoms with Crippen LogP contribution in [0.25, 0.3) is 22.3 Å². The van der Waals surface area contributed by atoms with Crippen LogP contribution in [-0.4, -0.2) is 130 Å². The first-order chi connectivity index (χ1) is 24.3. The van der Waals surface area contributed by atoms with Gasteiger partial charge in [0.2, 0.25) is 11.9 Å². The maximum Gasteiger partial charge on any atom is 0.307 e. The van der Waals surface area contributed by atoms with Crippen molar-refractivity contribution in [2.75, 3.05) is 90.5 Å². The summed E-state index contributed by atoms with van der Waals surface area (Å²) in [5, 5.41) is 6.21. The number of ether oxygens (including phenoxy) is 6. The smallest absolute Gasteiger partial charge is 0.307 e. The van der Waals surface area contributed by atoms with Gasteiger partial charge < -0.3 is 50.5 Å². The maximum atomic E-state index is 11.9. The van der Waals surface area contributed by atoms with Crippen LogP contribution in [0.5, 0.6) is 0 Å². The minimum Gasteiger partial charge on any atom is -0.463 e. The summed E-state index contributed by atoms with van der Waals surface area (Å²) in [7, 11) is 0. The van der Waals surface area contributed by atoms with Crippen LogP contribution in [0.1, 0.15) is 12.8 Å².